The van der Waals surface area contributed by atoms with Crippen molar-refractivity contribution in [3.63, 3.8) is 0 Å². The number of benzene rings is 2. The smallest absolute Gasteiger partial charge is 0.357 e. The third-order valence-electron chi connectivity index (χ3n) is 4.86. The highest BCUT2D eigenvalue weighted by Gasteiger charge is 2.22. The van der Waals surface area contributed by atoms with E-state index >= 15 is 0 Å². The van der Waals surface area contributed by atoms with Crippen molar-refractivity contribution in [3.8, 4) is 22.3 Å². The number of aryl methyl sites for hydroxylation is 1. The molecule has 33 heavy (non-hydrogen) atoms. The van der Waals surface area contributed by atoms with Crippen LogP contribution in [0.5, 0.6) is 0 Å². The van der Waals surface area contributed by atoms with Gasteiger partial charge in [0.1, 0.15) is 11.1 Å². The van der Waals surface area contributed by atoms with E-state index in [9.17, 15) is 14.9 Å². The second kappa shape index (κ2) is 8.94. The zero-order chi connectivity index (χ0) is 23.5. The number of nitrogens with zero attached hydrogens (tertiary/aromatic N) is 4. The van der Waals surface area contributed by atoms with Gasteiger partial charge in [-0.25, -0.2) is 4.79 Å². The van der Waals surface area contributed by atoms with Gasteiger partial charge in [-0.3, -0.25) is 4.79 Å². The predicted molar refractivity (Wildman–Crippen MR) is 124 cm³/mol. The number of nitriles is 1. The molecule has 2 aromatic heterocycles. The maximum atomic E-state index is 12.5. The summed E-state index contributed by atoms with van der Waals surface area (Å²) in [5, 5.41) is 21.0. The minimum atomic E-state index is -0.647. The summed E-state index contributed by atoms with van der Waals surface area (Å²) >= 11 is 1.16. The van der Waals surface area contributed by atoms with Crippen LogP contribution in [0.4, 0.5) is 11.4 Å². The van der Waals surface area contributed by atoms with Crippen molar-refractivity contribution in [3.05, 3.63) is 76.6 Å². The standard InChI is InChI=1S/C23H18N6O3S/c1-13-3-7-16(8-4-13)26-20(30)22-28-27-21(33-22)14-5-9-17(10-6-14)29-12-15(11-24)18(25)19(29)23(31)32-2/h3-10,12H,25H2,1-2H3,(H,26,30). The lowest BCUT2D eigenvalue weighted by Gasteiger charge is -2.08. The summed E-state index contributed by atoms with van der Waals surface area (Å²) in [6.07, 6.45) is 1.48. The van der Waals surface area contributed by atoms with Crippen LogP contribution in [0.15, 0.2) is 54.7 Å². The van der Waals surface area contributed by atoms with Gasteiger partial charge in [-0.1, -0.05) is 29.0 Å². The van der Waals surface area contributed by atoms with Gasteiger partial charge in [-0.15, -0.1) is 10.2 Å². The van der Waals surface area contributed by atoms with Gasteiger partial charge in [0.15, 0.2) is 5.69 Å². The second-order valence-electron chi connectivity index (χ2n) is 7.06. The molecule has 3 N–H and O–H groups in total. The van der Waals surface area contributed by atoms with Gasteiger partial charge in [0.2, 0.25) is 5.01 Å². The van der Waals surface area contributed by atoms with Gasteiger partial charge in [-0.05, 0) is 43.3 Å². The molecule has 4 rings (SSSR count). The molecule has 0 bridgehead atoms. The molecule has 0 unspecified atom stereocenters. The van der Waals surface area contributed by atoms with E-state index in [2.05, 4.69) is 15.5 Å². The maximum absolute atomic E-state index is 12.5. The Bertz CT molecular complexity index is 1380. The average molecular weight is 459 g/mol. The molecule has 9 nitrogen and oxygen atoms in total. The Morgan fingerprint density at radius 3 is 2.45 bits per heavy atom. The second-order valence-corrected chi connectivity index (χ2v) is 8.04. The lowest BCUT2D eigenvalue weighted by atomic mass is 10.2. The number of nitrogens with one attached hydrogen (secondary N) is 1. The zero-order valence-electron chi connectivity index (χ0n) is 17.7. The van der Waals surface area contributed by atoms with E-state index in [1.807, 2.05) is 37.3 Å². The van der Waals surface area contributed by atoms with Gasteiger partial charge in [-0.2, -0.15) is 5.26 Å². The molecule has 0 aliphatic carbocycles. The minimum absolute atomic E-state index is 0.0572. The molecule has 0 spiro atoms. The summed E-state index contributed by atoms with van der Waals surface area (Å²) in [6.45, 7) is 1.97. The number of nitrogen functional groups attached to an aromatic ring is 1. The number of methoxy groups -OCH3 is 1. The van der Waals surface area contributed by atoms with Crippen LogP contribution in [0.2, 0.25) is 0 Å². The largest absolute Gasteiger partial charge is 0.464 e. The molecule has 0 fully saturated rings. The van der Waals surface area contributed by atoms with E-state index in [0.29, 0.717) is 16.4 Å². The first kappa shape index (κ1) is 21.7. The van der Waals surface area contributed by atoms with Crippen molar-refractivity contribution in [2.45, 2.75) is 6.92 Å². The SMILES string of the molecule is COC(=O)c1c(N)c(C#N)cn1-c1ccc(-c2nnc(C(=O)Nc3ccc(C)cc3)s2)cc1. The Labute approximate surface area is 193 Å². The van der Waals surface area contributed by atoms with Gasteiger partial charge in [0, 0.05) is 23.1 Å². The van der Waals surface area contributed by atoms with E-state index in [-0.39, 0.29) is 27.9 Å². The first-order chi connectivity index (χ1) is 15.9. The van der Waals surface area contributed by atoms with Crippen LogP contribution < -0.4 is 11.1 Å². The number of anilines is 2. The third kappa shape index (κ3) is 4.30. The number of nitrogens with two attached hydrogens (primary N) is 1. The summed E-state index contributed by atoms with van der Waals surface area (Å²) in [5.74, 6) is -0.986. The Kier molecular flexibility index (Phi) is 5.89. The fraction of sp³-hybridized carbons (Fsp3) is 0.0870. The van der Waals surface area contributed by atoms with E-state index < -0.39 is 5.97 Å². The van der Waals surface area contributed by atoms with Crippen molar-refractivity contribution in [1.82, 2.24) is 14.8 Å². The molecule has 164 valence electrons. The van der Waals surface area contributed by atoms with E-state index in [1.54, 1.807) is 24.3 Å². The number of esters is 1. The topological polar surface area (TPSA) is 136 Å². The van der Waals surface area contributed by atoms with Crippen molar-refractivity contribution in [2.75, 3.05) is 18.2 Å². The van der Waals surface area contributed by atoms with Crippen molar-refractivity contribution in [2.24, 2.45) is 0 Å². The van der Waals surface area contributed by atoms with E-state index in [4.69, 9.17) is 10.5 Å². The van der Waals surface area contributed by atoms with Gasteiger partial charge < -0.3 is 20.4 Å². The number of carbonyl (C=O) groups excluding carboxylic acids is 2. The lowest BCUT2D eigenvalue weighted by molar-refractivity contribution is 0.0593. The molecule has 0 saturated carbocycles. The Balaban J connectivity index is 1.57. The minimum Gasteiger partial charge on any atom is -0.464 e. The summed E-state index contributed by atoms with van der Waals surface area (Å²) in [4.78, 5) is 24.7. The summed E-state index contributed by atoms with van der Waals surface area (Å²) in [6, 6.07) is 16.5. The summed E-state index contributed by atoms with van der Waals surface area (Å²) in [7, 11) is 1.25. The number of amides is 1. The highest BCUT2D eigenvalue weighted by Crippen LogP contribution is 2.28. The normalized spacial score (nSPS) is 10.5. The number of hydrogen-bond acceptors (Lipinski definition) is 8. The number of aromatic nitrogens is 3. The Hall–Kier alpha value is -4.49. The fourth-order valence-corrected chi connectivity index (χ4v) is 3.88. The third-order valence-corrected chi connectivity index (χ3v) is 5.84. The molecule has 2 aromatic carbocycles. The first-order valence-electron chi connectivity index (χ1n) is 9.73. The van der Waals surface area contributed by atoms with Crippen molar-refractivity contribution >= 4 is 34.6 Å². The van der Waals surface area contributed by atoms with Crippen molar-refractivity contribution in [1.29, 1.82) is 5.26 Å². The quantitative estimate of drug-likeness (QED) is 0.434. The highest BCUT2D eigenvalue weighted by molar-refractivity contribution is 7.16. The van der Waals surface area contributed by atoms with E-state index in [1.165, 1.54) is 17.9 Å². The number of rotatable bonds is 5. The van der Waals surface area contributed by atoms with Crippen LogP contribution in [0, 0.1) is 18.3 Å². The van der Waals surface area contributed by atoms with Crippen LogP contribution in [-0.4, -0.2) is 33.8 Å². The van der Waals surface area contributed by atoms with Gasteiger partial charge in [0.25, 0.3) is 5.91 Å². The van der Waals surface area contributed by atoms with E-state index in [0.717, 1.165) is 22.5 Å². The van der Waals surface area contributed by atoms with Crippen LogP contribution in [0.3, 0.4) is 0 Å². The molecule has 10 heteroatoms. The number of ether oxygens (including phenoxy) is 1. The van der Waals surface area contributed by atoms with Gasteiger partial charge >= 0.3 is 5.97 Å². The molecular formula is C23H18N6O3S. The molecule has 0 radical (unpaired) electrons. The molecule has 2 heterocycles. The molecular weight excluding hydrogens is 440 g/mol. The van der Waals surface area contributed by atoms with Crippen molar-refractivity contribution < 1.29 is 14.3 Å². The Morgan fingerprint density at radius 1 is 1.12 bits per heavy atom. The first-order valence-corrected chi connectivity index (χ1v) is 10.5. The summed E-state index contributed by atoms with van der Waals surface area (Å²) in [5.41, 5.74) is 9.37. The maximum Gasteiger partial charge on any atom is 0.357 e. The van der Waals surface area contributed by atoms with Crippen LogP contribution >= 0.6 is 11.3 Å². The molecule has 4 aromatic rings. The molecule has 1 amide bonds. The summed E-state index contributed by atoms with van der Waals surface area (Å²) < 4.78 is 6.30. The monoisotopic (exact) mass is 458 g/mol. The average Bonchev–Trinajstić information content (AvgIpc) is 3.45. The van der Waals surface area contributed by atoms with Crippen LogP contribution in [-0.2, 0) is 4.74 Å². The predicted octanol–water partition coefficient (Wildman–Crippen LogP) is 3.80. The fourth-order valence-electron chi connectivity index (χ4n) is 3.14. The zero-order valence-corrected chi connectivity index (χ0v) is 18.5. The Morgan fingerprint density at radius 2 is 1.82 bits per heavy atom. The van der Waals surface area contributed by atoms with Crippen LogP contribution in [0.1, 0.15) is 31.4 Å². The molecule has 0 atom stereocenters. The highest BCUT2D eigenvalue weighted by atomic mass is 32.1. The van der Waals surface area contributed by atoms with Gasteiger partial charge in [0.05, 0.1) is 18.4 Å². The molecule has 0 aliphatic heterocycles. The molecule has 0 aliphatic rings. The van der Waals surface area contributed by atoms with Crippen LogP contribution in [0.25, 0.3) is 16.3 Å². The number of carbonyl (C=O) groups is 2. The number of hydrogen-bond donors (Lipinski definition) is 2. The lowest BCUT2D eigenvalue weighted by Crippen LogP contribution is -2.11. The molecule has 0 saturated heterocycles.